The van der Waals surface area contributed by atoms with Crippen LogP contribution in [0, 0.1) is 22.6 Å². The molecule has 0 radical (unpaired) electrons. The van der Waals surface area contributed by atoms with Crippen molar-refractivity contribution in [1.82, 2.24) is 15.0 Å². The van der Waals surface area contributed by atoms with Gasteiger partial charge in [0.15, 0.2) is 0 Å². The Hall–Kier alpha value is -4.01. The summed E-state index contributed by atoms with van der Waals surface area (Å²) in [4.78, 5) is 13.5. The van der Waals surface area contributed by atoms with E-state index in [-0.39, 0.29) is 34.0 Å². The highest BCUT2D eigenvalue weighted by Gasteiger charge is 2.35. The van der Waals surface area contributed by atoms with Crippen molar-refractivity contribution >= 4 is 33.8 Å². The van der Waals surface area contributed by atoms with Crippen LogP contribution >= 0.6 is 15.9 Å². The normalized spacial score (nSPS) is 13.4. The number of benzene rings is 1. The van der Waals surface area contributed by atoms with Crippen LogP contribution in [-0.4, -0.2) is 27.1 Å². The number of hydrogen-bond acceptors (Lipinski definition) is 6. The lowest BCUT2D eigenvalue weighted by Crippen LogP contribution is -2.16. The lowest BCUT2D eigenvalue weighted by molar-refractivity contribution is -0.144. The summed E-state index contributed by atoms with van der Waals surface area (Å²) in [5.41, 5.74) is 14.6. The zero-order valence-electron chi connectivity index (χ0n) is 19.0. The van der Waals surface area contributed by atoms with Crippen molar-refractivity contribution in [1.29, 1.82) is 10.9 Å². The van der Waals surface area contributed by atoms with Gasteiger partial charge in [0, 0.05) is 51.9 Å². The number of hydrogen-bond donors (Lipinski definition) is 5. The number of aliphatic imine (C=N–C) groups is 1. The molecule has 1 atom stereocenters. The fraction of sp³-hybridized carbons (Fsp3) is 0.182. The molecule has 194 valence electrons. The minimum Gasteiger partial charge on any atom is -0.382 e. The second kappa shape index (κ2) is 11.4. The Balaban J connectivity index is 2.12. The third-order valence-electron chi connectivity index (χ3n) is 5.17. The van der Waals surface area contributed by atoms with Gasteiger partial charge in [-0.3, -0.25) is 5.41 Å². The van der Waals surface area contributed by atoms with Gasteiger partial charge in [0.05, 0.1) is 17.1 Å². The minimum atomic E-state index is -4.74. The maximum atomic E-state index is 14.0. The Bertz CT molecular complexity index is 1360. The molecule has 0 saturated heterocycles. The van der Waals surface area contributed by atoms with Crippen LogP contribution in [0.25, 0.3) is 11.1 Å². The van der Waals surface area contributed by atoms with Crippen LogP contribution in [0.4, 0.5) is 27.6 Å². The first-order chi connectivity index (χ1) is 17.5. The third kappa shape index (κ3) is 6.04. The Labute approximate surface area is 215 Å². The molecule has 0 aliphatic carbocycles. The van der Waals surface area contributed by atoms with Crippen molar-refractivity contribution in [3.63, 3.8) is 0 Å². The Kier molecular flexibility index (Phi) is 8.47. The third-order valence-corrected chi connectivity index (χ3v) is 5.99. The number of rotatable bonds is 9. The van der Waals surface area contributed by atoms with Gasteiger partial charge in [0.1, 0.15) is 23.8 Å². The molecule has 9 nitrogen and oxygen atoms in total. The molecule has 0 aliphatic rings. The van der Waals surface area contributed by atoms with Crippen molar-refractivity contribution in [2.75, 3.05) is 5.32 Å². The summed E-state index contributed by atoms with van der Waals surface area (Å²) in [6.45, 7) is 1.77. The molecule has 0 aliphatic heterocycles. The van der Waals surface area contributed by atoms with Crippen LogP contribution in [0.5, 0.6) is 0 Å². The molecule has 0 saturated carbocycles. The molecule has 1 aromatic carbocycles. The van der Waals surface area contributed by atoms with Crippen molar-refractivity contribution in [2.45, 2.75) is 25.4 Å². The van der Waals surface area contributed by atoms with Gasteiger partial charge in [-0.05, 0) is 34.5 Å². The molecule has 2 aromatic heterocycles. The number of alkyl halides is 3. The fourth-order valence-corrected chi connectivity index (χ4v) is 4.27. The number of aromatic nitrogens is 3. The monoisotopic (exact) mass is 583 g/mol. The van der Waals surface area contributed by atoms with Crippen molar-refractivity contribution in [3.05, 3.63) is 75.8 Å². The number of allylic oxidation sites excluding steroid dienone is 1. The number of aromatic amines is 1. The van der Waals surface area contributed by atoms with Gasteiger partial charge < -0.3 is 16.0 Å². The highest BCUT2D eigenvalue weighted by molar-refractivity contribution is 9.10. The molecule has 15 heteroatoms. The number of anilines is 1. The van der Waals surface area contributed by atoms with Gasteiger partial charge in [0.2, 0.25) is 5.82 Å². The van der Waals surface area contributed by atoms with E-state index in [2.05, 4.69) is 46.3 Å². The second-order valence-corrected chi connectivity index (χ2v) is 8.24. The van der Waals surface area contributed by atoms with E-state index in [0.717, 1.165) is 30.6 Å². The topological polar surface area (TPSA) is 152 Å². The molecule has 0 bridgehead atoms. The SMILES string of the molecule is CCC(/C(=C/Nc1cc(F)ccc1F)N=N)c1[nH]c(/C(N)=N\C=N)c(-c2cnc(C(F)(F)F)nc2)c1Br. The van der Waals surface area contributed by atoms with E-state index in [1.54, 1.807) is 6.92 Å². The van der Waals surface area contributed by atoms with Gasteiger partial charge in [-0.25, -0.2) is 29.3 Å². The number of amidine groups is 1. The first-order valence-corrected chi connectivity index (χ1v) is 11.2. The molecule has 3 rings (SSSR count). The molecule has 0 amide bonds. The summed E-state index contributed by atoms with van der Waals surface area (Å²) in [6.07, 6.45) is -0.521. The predicted octanol–water partition coefficient (Wildman–Crippen LogP) is 6.32. The smallest absolute Gasteiger partial charge is 0.382 e. The van der Waals surface area contributed by atoms with Gasteiger partial charge >= 0.3 is 6.18 Å². The lowest BCUT2D eigenvalue weighted by atomic mass is 9.98. The van der Waals surface area contributed by atoms with Crippen LogP contribution in [-0.2, 0) is 6.18 Å². The number of H-pyrrole nitrogens is 1. The van der Waals surface area contributed by atoms with Crippen LogP contribution in [0.2, 0.25) is 0 Å². The lowest BCUT2D eigenvalue weighted by Gasteiger charge is -2.15. The Morgan fingerprint density at radius 1 is 1.27 bits per heavy atom. The van der Waals surface area contributed by atoms with E-state index < -0.39 is 29.6 Å². The summed E-state index contributed by atoms with van der Waals surface area (Å²) in [7, 11) is 0. The first kappa shape index (κ1) is 27.6. The van der Waals surface area contributed by atoms with Gasteiger partial charge in [-0.15, -0.1) is 0 Å². The molecule has 2 heterocycles. The summed E-state index contributed by atoms with van der Waals surface area (Å²) >= 11 is 3.44. The Morgan fingerprint density at radius 3 is 2.51 bits per heavy atom. The van der Waals surface area contributed by atoms with Crippen molar-refractivity contribution in [2.24, 2.45) is 15.8 Å². The number of halogens is 6. The molecule has 6 N–H and O–H groups in total. The minimum absolute atomic E-state index is 0.109. The zero-order chi connectivity index (χ0) is 27.3. The highest BCUT2D eigenvalue weighted by atomic mass is 79.9. The first-order valence-electron chi connectivity index (χ1n) is 10.4. The fourth-order valence-electron chi connectivity index (χ4n) is 3.47. The van der Waals surface area contributed by atoms with Crippen LogP contribution in [0.15, 0.2) is 57.1 Å². The maximum absolute atomic E-state index is 14.0. The van der Waals surface area contributed by atoms with E-state index in [1.807, 2.05) is 0 Å². The van der Waals surface area contributed by atoms with Gasteiger partial charge in [0.25, 0.3) is 0 Å². The van der Waals surface area contributed by atoms with Crippen molar-refractivity contribution in [3.8, 4) is 11.1 Å². The van der Waals surface area contributed by atoms with E-state index >= 15 is 0 Å². The van der Waals surface area contributed by atoms with Crippen LogP contribution in [0.1, 0.15) is 36.5 Å². The number of nitrogens with zero attached hydrogens (tertiary/aromatic N) is 4. The predicted molar refractivity (Wildman–Crippen MR) is 130 cm³/mol. The van der Waals surface area contributed by atoms with Crippen LogP contribution < -0.4 is 11.1 Å². The summed E-state index contributed by atoms with van der Waals surface area (Å²) in [5.74, 6) is -3.52. The van der Waals surface area contributed by atoms with E-state index in [0.29, 0.717) is 22.9 Å². The quantitative estimate of drug-likeness (QED) is 0.0865. The molecule has 0 spiro atoms. The summed E-state index contributed by atoms with van der Waals surface area (Å²) < 4.78 is 66.7. The maximum Gasteiger partial charge on any atom is 0.451 e. The molecular weight excluding hydrogens is 565 g/mol. The molecule has 0 fully saturated rings. The van der Waals surface area contributed by atoms with Gasteiger partial charge in [-0.1, -0.05) is 6.92 Å². The van der Waals surface area contributed by atoms with E-state index in [4.69, 9.17) is 16.7 Å². The average molecular weight is 584 g/mol. The van der Waals surface area contributed by atoms with E-state index in [9.17, 15) is 22.0 Å². The highest BCUT2D eigenvalue weighted by Crippen LogP contribution is 2.41. The molecule has 1 unspecified atom stereocenters. The second-order valence-electron chi connectivity index (χ2n) is 7.45. The van der Waals surface area contributed by atoms with Crippen molar-refractivity contribution < 1.29 is 22.0 Å². The largest absolute Gasteiger partial charge is 0.451 e. The van der Waals surface area contributed by atoms with E-state index in [1.165, 1.54) is 6.20 Å². The Morgan fingerprint density at radius 2 is 1.95 bits per heavy atom. The number of nitrogens with one attached hydrogen (secondary N) is 4. The van der Waals surface area contributed by atoms with Gasteiger partial charge in [-0.2, -0.15) is 18.3 Å². The molecule has 37 heavy (non-hydrogen) atoms. The standard InChI is InChI=1S/C22H19BrF5N9/c1-2-12(15(37-31)8-32-14-5-11(24)3-4-13(14)25)18-17(23)16(19(36-18)20(30)35-9-29)10-6-33-21(34-7-10)22(26,27)28/h3-9,12,31-32,36H,2H2,1H3,(H3,29,30,35)/b15-8-,37-31?. The average Bonchev–Trinajstić information content (AvgIpc) is 3.20. The zero-order valence-corrected chi connectivity index (χ0v) is 20.5. The van der Waals surface area contributed by atoms with Crippen LogP contribution in [0.3, 0.4) is 0 Å². The molecule has 3 aromatic rings. The summed E-state index contributed by atoms with van der Waals surface area (Å²) in [5, 5.41) is 13.3. The number of nitrogens with two attached hydrogens (primary N) is 1. The molecular formula is C22H19BrF5N9. The summed E-state index contributed by atoms with van der Waals surface area (Å²) in [6, 6.07) is 2.84.